The number of rotatable bonds is 38. The van der Waals surface area contributed by atoms with Gasteiger partial charge in [0.1, 0.15) is 45.9 Å². The number of H-pyrrole nitrogens is 3. The third-order valence-electron chi connectivity index (χ3n) is 24.3. The molecule has 0 spiro atoms. The first-order valence-corrected chi connectivity index (χ1v) is 48.0. The summed E-state index contributed by atoms with van der Waals surface area (Å²) < 4.78 is 40.2. The van der Waals surface area contributed by atoms with Crippen LogP contribution < -0.4 is 61.6 Å². The van der Waals surface area contributed by atoms with Crippen molar-refractivity contribution in [1.82, 2.24) is 82.6 Å². The lowest BCUT2D eigenvalue weighted by Crippen LogP contribution is -2.66. The van der Waals surface area contributed by atoms with Crippen molar-refractivity contribution in [2.75, 3.05) is 52.6 Å². The molecule has 3 aliphatic carbocycles. The Balaban J connectivity index is 0.000000153. The molecule has 11 aromatic rings. The molecule has 0 radical (unpaired) electrons. The smallest absolute Gasteiger partial charge is 0.332 e. The van der Waals surface area contributed by atoms with Gasteiger partial charge in [0.2, 0.25) is 5.91 Å². The molecule has 2 aliphatic heterocycles. The lowest BCUT2D eigenvalue weighted by atomic mass is 9.99. The number of aromatic amines is 3. The molecule has 34 nitrogen and oxygen atoms in total. The minimum atomic E-state index is -4.13. The summed E-state index contributed by atoms with van der Waals surface area (Å²) in [6.07, 6.45) is 25.0. The van der Waals surface area contributed by atoms with Crippen LogP contribution in [0.25, 0.3) is 33.5 Å². The summed E-state index contributed by atoms with van der Waals surface area (Å²) in [5.41, 5.74) is 28.6. The number of benzene rings is 5. The Morgan fingerprint density at radius 1 is 0.481 bits per heavy atom. The Bertz CT molecular complexity index is 6750. The maximum Gasteiger partial charge on any atom is 0.332 e. The summed E-state index contributed by atoms with van der Waals surface area (Å²) in [4.78, 5) is 151. The number of hydrogen-bond donors (Lipinski definition) is 10. The van der Waals surface area contributed by atoms with Gasteiger partial charge in [0.25, 0.3) is 32.7 Å². The number of hydrogen-bond acceptors (Lipinski definition) is 21. The predicted octanol–water partition coefficient (Wildman–Crippen LogP) is 10.1. The average Bonchev–Trinajstić information content (AvgIpc) is 1.65. The van der Waals surface area contributed by atoms with Crippen LogP contribution in [0.5, 0.6) is 0 Å². The Morgan fingerprint density at radius 3 is 1.39 bits per heavy atom. The number of aliphatic hydroxyl groups excluding tert-OH is 1. The standard InChI is InChI=1S/C28H36N6O3.C25H30N4O5S.C24H30N6O2.C23H27N5O3/c1-2-17-34-27(36)25-26(32-23(31-25)19-21-8-4-3-5-9-21)33(28(34)37)18-15-20-11-13-22(14-12-20)30-24(35)10-6-7-16-29;1-2-15-29-24(30)22-23(27-21(26-22)17-19-9-4-3-5-10-19)28(25(29)31)16-7-6-8-18-11-13-20(14-12-18)35(32,33)34;1-28(2)14-15-30-23(31)21-22(27-20(26-21)16-18-6-4-3-5-7-18)29(24(30)32)13-12-17-8-10-19(25)11-9-17;24-18-9-7-16(8-10-18)11-13-27-21-20(22(30)28(23(27)31)12-4-14-29)25-19(26-21)15-17-5-2-1-3-6-17/h3-5,8-9,11,13H,2,6-7,10,12,14-19,29H2,1H3,(H,30,35)(H,31,32);3-5,9-11,13H,2,6-8,12,14-17H2,1H3,(H,26,27)(H,32,33,34);3-11,21-22H,12-16,25H2,1-2H3,(H,26,27);1-3,5-7,9,29H,4,8,10-15,24H2,(H,25,26). The second-order valence-corrected chi connectivity index (χ2v) is 36.2. The van der Waals surface area contributed by atoms with E-state index in [0.29, 0.717) is 205 Å². The third-order valence-corrected chi connectivity index (χ3v) is 25.3. The molecule has 2 unspecified atom stereocenters. The van der Waals surface area contributed by atoms with Crippen LogP contribution in [0.3, 0.4) is 0 Å². The summed E-state index contributed by atoms with van der Waals surface area (Å²) in [7, 11) is -0.274. The fourth-order valence-corrected chi connectivity index (χ4v) is 17.6. The number of imide groups is 1. The molecule has 1 saturated heterocycles. The van der Waals surface area contributed by atoms with E-state index < -0.39 is 33.6 Å². The maximum atomic E-state index is 13.3. The molecule has 5 aromatic carbocycles. The van der Waals surface area contributed by atoms with Crippen LogP contribution >= 0.6 is 0 Å². The van der Waals surface area contributed by atoms with Gasteiger partial charge in [0.15, 0.2) is 23.1 Å². The number of nitrogens with one attached hydrogen (secondary N) is 5. The minimum Gasteiger partial charge on any atom is -0.402 e. The Morgan fingerprint density at radius 2 is 0.941 bits per heavy atom. The Kier molecular flexibility index (Phi) is 34.6. The first-order chi connectivity index (χ1) is 65.3. The number of amidine groups is 1. The highest BCUT2D eigenvalue weighted by Crippen LogP contribution is 2.29. The lowest BCUT2D eigenvalue weighted by Gasteiger charge is -2.40. The van der Waals surface area contributed by atoms with Gasteiger partial charge < -0.3 is 52.8 Å². The summed E-state index contributed by atoms with van der Waals surface area (Å²) in [6.45, 7) is 7.95. The highest BCUT2D eigenvalue weighted by atomic mass is 32.2. The Hall–Kier alpha value is -13.7. The highest BCUT2D eigenvalue weighted by molar-refractivity contribution is 7.89. The Labute approximate surface area is 782 Å². The predicted molar refractivity (Wildman–Crippen MR) is 525 cm³/mol. The van der Waals surface area contributed by atoms with E-state index >= 15 is 0 Å². The number of imidazole rings is 3. The number of anilines is 1. The molecule has 712 valence electrons. The molecule has 35 heteroatoms. The first kappa shape index (κ1) is 98.8. The van der Waals surface area contributed by atoms with Crippen LogP contribution in [0.15, 0.2) is 249 Å². The molecule has 5 aliphatic rings. The number of carbonyl (C=O) groups is 3. The molecule has 0 saturated carbocycles. The van der Waals surface area contributed by atoms with Crippen LogP contribution in [0.1, 0.15) is 168 Å². The van der Waals surface area contributed by atoms with Gasteiger partial charge in [0, 0.05) is 115 Å². The van der Waals surface area contributed by atoms with E-state index in [1.54, 1.807) is 24.7 Å². The van der Waals surface area contributed by atoms with E-state index in [-0.39, 0.29) is 58.4 Å². The fourth-order valence-electron chi connectivity index (χ4n) is 17.0. The van der Waals surface area contributed by atoms with Crippen LogP contribution in [0, 0.1) is 0 Å². The number of carbonyl (C=O) groups excluding carboxylic acids is 3. The van der Waals surface area contributed by atoms with Gasteiger partial charge in [-0.15, -0.1) is 0 Å². The normalized spacial score (nSPS) is 15.4. The quantitative estimate of drug-likeness (QED) is 0.00976. The molecule has 1 fully saturated rings. The number of aliphatic hydroxyl groups is 1. The zero-order valence-electron chi connectivity index (χ0n) is 77.1. The van der Waals surface area contributed by atoms with Crippen molar-refractivity contribution in [2.45, 2.75) is 207 Å². The van der Waals surface area contributed by atoms with E-state index in [1.807, 2.05) is 203 Å². The van der Waals surface area contributed by atoms with Crippen LogP contribution in [0.2, 0.25) is 0 Å². The van der Waals surface area contributed by atoms with Gasteiger partial charge >= 0.3 is 23.1 Å². The fraction of sp³-hybridized carbons (Fsp3) is 0.390. The topological polar surface area (TPSA) is 468 Å². The lowest BCUT2D eigenvalue weighted by molar-refractivity contribution is -0.134. The average molecular weight is 1860 g/mol. The highest BCUT2D eigenvalue weighted by Gasteiger charge is 2.49. The van der Waals surface area contributed by atoms with Crippen LogP contribution in [-0.2, 0) is 91.1 Å². The van der Waals surface area contributed by atoms with Gasteiger partial charge in [-0.2, -0.15) is 8.42 Å². The van der Waals surface area contributed by atoms with Gasteiger partial charge in [-0.05, 0) is 188 Å². The van der Waals surface area contributed by atoms with Crippen molar-refractivity contribution in [1.29, 1.82) is 0 Å². The molecule has 0 bridgehead atoms. The number of aliphatic imine (C=N–C) groups is 1. The molecule has 16 rings (SSSR count). The van der Waals surface area contributed by atoms with Crippen molar-refractivity contribution >= 4 is 73.0 Å². The summed E-state index contributed by atoms with van der Waals surface area (Å²) in [5, 5.41) is 15.5. The number of urea groups is 1. The number of fused-ring (bicyclic) bond motifs is 4. The number of nitrogens with zero attached hydrogens (tertiary/aromatic N) is 13. The molecular formula is C100H123N21O13S. The molecule has 2 atom stereocenters. The summed E-state index contributed by atoms with van der Waals surface area (Å²) in [6, 6.07) is 46.4. The zero-order chi connectivity index (χ0) is 95.7. The largest absolute Gasteiger partial charge is 0.402 e. The van der Waals surface area contributed by atoms with E-state index in [9.17, 15) is 56.7 Å². The molecule has 135 heavy (non-hydrogen) atoms. The van der Waals surface area contributed by atoms with Crippen molar-refractivity contribution in [3.05, 3.63) is 323 Å². The number of unbranched alkanes of at least 4 members (excludes halogenated alkanes) is 2. The van der Waals surface area contributed by atoms with Gasteiger partial charge in [-0.25, -0.2) is 39.1 Å². The van der Waals surface area contributed by atoms with E-state index in [2.05, 4.69) is 40.5 Å². The molecule has 13 N–H and O–H groups in total. The monoisotopic (exact) mass is 1860 g/mol. The van der Waals surface area contributed by atoms with Crippen molar-refractivity contribution in [2.24, 2.45) is 16.5 Å². The van der Waals surface area contributed by atoms with E-state index in [4.69, 9.17) is 26.7 Å². The second kappa shape index (κ2) is 47.3. The van der Waals surface area contributed by atoms with Crippen LogP contribution in [0.4, 0.5) is 10.5 Å². The van der Waals surface area contributed by atoms with Gasteiger partial charge in [-0.1, -0.05) is 182 Å². The number of amides is 4. The molecule has 8 heterocycles. The SMILES string of the molecule is CCCn1c(=O)c2[nH]c(Cc3ccccc3)nc2n(CCC2=CC=C(NC(=O)CCCCN)CC2)c1=O.CCCn1c(=O)c2[nH]c(Cc3ccccc3)nc2n(CCCCC2=CC=C(S(=O)(=O)O)CC2)c1=O.CN(C)CCN1C(=O)C2NC(Cc3ccccc3)=NC2N(CCc2ccc(N)cc2)C1=O.NC1=CC=C(CCn2c(=O)n(CCCO)c(=O)c3[nH]c(Cc4ccccc4)nc32)CC1. The molecular weight excluding hydrogens is 1740 g/mol. The minimum absolute atomic E-state index is 0.0218. The third kappa shape index (κ3) is 26.0. The molecule has 6 aromatic heterocycles. The number of nitrogen functional groups attached to an aromatic ring is 1. The number of allylic oxidation sites excluding steroid dienone is 12. The molecule has 4 amide bonds. The van der Waals surface area contributed by atoms with E-state index in [1.165, 1.54) is 35.8 Å². The number of likely N-dealkylation sites (N-methyl/N-ethyl adjacent to an activating group) is 1. The first-order valence-electron chi connectivity index (χ1n) is 46.5. The van der Waals surface area contributed by atoms with Crippen molar-refractivity contribution in [3.63, 3.8) is 0 Å². The van der Waals surface area contributed by atoms with Crippen molar-refractivity contribution < 1.29 is 32.5 Å². The van der Waals surface area contributed by atoms with Crippen molar-refractivity contribution in [3.8, 4) is 0 Å². The summed E-state index contributed by atoms with van der Waals surface area (Å²) >= 11 is 0. The number of nitrogens with two attached hydrogens (primary N) is 3. The second-order valence-electron chi connectivity index (χ2n) is 34.7. The van der Waals surface area contributed by atoms with E-state index in [0.717, 1.165) is 102 Å². The number of aryl methyl sites for hydroxylation is 3. The maximum absolute atomic E-state index is 13.3. The van der Waals surface area contributed by atoms with Gasteiger partial charge in [-0.3, -0.25) is 65.7 Å². The zero-order valence-corrected chi connectivity index (χ0v) is 78.0. The van der Waals surface area contributed by atoms with Crippen LogP contribution in [-0.4, -0.2) is 173 Å². The van der Waals surface area contributed by atoms with Gasteiger partial charge in [0.05, 0.1) is 4.91 Å². The summed E-state index contributed by atoms with van der Waals surface area (Å²) in [5.74, 6) is 2.48. The number of aromatic nitrogens is 12.